The Morgan fingerprint density at radius 1 is 0.730 bits per heavy atom. The molecule has 2 heterocycles. The number of fused-ring (bicyclic) bond motifs is 10. The van der Waals surface area contributed by atoms with Gasteiger partial charge in [-0.05, 0) is 57.9 Å². The van der Waals surface area contributed by atoms with Gasteiger partial charge in [0.25, 0.3) is 0 Å². The number of hydrogen-bond acceptors (Lipinski definition) is 8. The van der Waals surface area contributed by atoms with Crippen molar-refractivity contribution in [1.29, 1.82) is 0 Å². The van der Waals surface area contributed by atoms with Gasteiger partial charge in [-0.1, -0.05) is 24.3 Å². The second-order valence-corrected chi connectivity index (χ2v) is 8.90. The van der Waals surface area contributed by atoms with Gasteiger partial charge in [-0.15, -0.1) is 0 Å². The lowest BCUT2D eigenvalue weighted by Crippen LogP contribution is -2.35. The Labute approximate surface area is 212 Å². The lowest BCUT2D eigenvalue weighted by atomic mass is 9.79. The lowest BCUT2D eigenvalue weighted by Gasteiger charge is -2.39. The highest BCUT2D eigenvalue weighted by Crippen LogP contribution is 2.52. The van der Waals surface area contributed by atoms with E-state index in [1.807, 2.05) is 60.7 Å². The Hall–Kier alpha value is -4.46. The van der Waals surface area contributed by atoms with Crippen molar-refractivity contribution in [2.45, 2.75) is 18.6 Å². The second kappa shape index (κ2) is 9.20. The average molecular weight is 501 g/mol. The molecule has 8 heteroatoms. The summed E-state index contributed by atoms with van der Waals surface area (Å²) in [7, 11) is 2.66. The van der Waals surface area contributed by atoms with Gasteiger partial charge in [0.1, 0.15) is 23.0 Å². The minimum Gasteiger partial charge on any atom is -0.482 e. The second-order valence-electron chi connectivity index (χ2n) is 8.90. The lowest BCUT2D eigenvalue weighted by molar-refractivity contribution is -0.143. The first-order chi connectivity index (χ1) is 18.0. The molecule has 0 saturated carbocycles. The van der Waals surface area contributed by atoms with Crippen LogP contribution in [0.15, 0.2) is 60.7 Å². The topological polar surface area (TPSA) is 89.5 Å². The van der Waals surface area contributed by atoms with Crippen molar-refractivity contribution in [3.63, 3.8) is 0 Å². The zero-order valence-corrected chi connectivity index (χ0v) is 20.3. The summed E-state index contributed by atoms with van der Waals surface area (Å²) >= 11 is 0. The molecule has 2 aliphatic heterocycles. The van der Waals surface area contributed by atoms with Gasteiger partial charge >= 0.3 is 11.9 Å². The van der Waals surface area contributed by atoms with Crippen LogP contribution in [0.2, 0.25) is 0 Å². The Bertz CT molecular complexity index is 1430. The van der Waals surface area contributed by atoms with Crippen LogP contribution >= 0.6 is 0 Å². The fraction of sp³-hybridized carbons (Fsp3) is 0.241. The van der Waals surface area contributed by atoms with Crippen molar-refractivity contribution in [1.82, 2.24) is 0 Å². The van der Waals surface area contributed by atoms with Crippen LogP contribution in [0.5, 0.6) is 23.0 Å². The largest absolute Gasteiger partial charge is 0.482 e. The average Bonchev–Trinajstić information content (AvgIpc) is 2.93. The smallest absolute Gasteiger partial charge is 0.343 e. The number of esters is 2. The Balaban J connectivity index is 1.41. The molecule has 188 valence electrons. The molecule has 0 unspecified atom stereocenters. The zero-order chi connectivity index (χ0) is 25.5. The van der Waals surface area contributed by atoms with Crippen LogP contribution in [-0.2, 0) is 19.1 Å². The molecule has 0 N–H and O–H groups in total. The van der Waals surface area contributed by atoms with Crippen LogP contribution in [0.3, 0.4) is 0 Å². The maximum absolute atomic E-state index is 11.5. The van der Waals surface area contributed by atoms with E-state index in [2.05, 4.69) is 9.47 Å². The summed E-state index contributed by atoms with van der Waals surface area (Å²) in [6.07, 6.45) is 0.310. The first-order valence-corrected chi connectivity index (χ1v) is 11.9. The number of hydrogen-bond donors (Lipinski definition) is 0. The highest BCUT2D eigenvalue weighted by Gasteiger charge is 2.39. The SMILES string of the molecule is COC(=O)COc1ccc2c3c(ccc2c1)OC1CC3c2c(ccc3cc(OCC(=O)OC)ccc23)O1. The van der Waals surface area contributed by atoms with Gasteiger partial charge in [-0.25, -0.2) is 9.59 Å². The summed E-state index contributed by atoms with van der Waals surface area (Å²) < 4.78 is 32.9. The van der Waals surface area contributed by atoms with Gasteiger partial charge < -0.3 is 28.4 Å². The summed E-state index contributed by atoms with van der Waals surface area (Å²) in [5.74, 6) is 1.93. The fourth-order valence-electron chi connectivity index (χ4n) is 5.11. The van der Waals surface area contributed by atoms with Gasteiger partial charge in [0.2, 0.25) is 6.29 Å². The number of methoxy groups -OCH3 is 2. The van der Waals surface area contributed by atoms with E-state index in [1.54, 1.807) is 0 Å². The molecular formula is C29H24O8. The van der Waals surface area contributed by atoms with E-state index >= 15 is 0 Å². The van der Waals surface area contributed by atoms with E-state index in [4.69, 9.17) is 18.9 Å². The normalized spacial score (nSPS) is 17.1. The molecule has 0 spiro atoms. The monoisotopic (exact) mass is 500 g/mol. The molecule has 0 aromatic heterocycles. The van der Waals surface area contributed by atoms with E-state index in [-0.39, 0.29) is 25.4 Å². The van der Waals surface area contributed by atoms with Crippen LogP contribution in [0, 0.1) is 0 Å². The third kappa shape index (κ3) is 4.14. The molecule has 37 heavy (non-hydrogen) atoms. The standard InChI is InChI=1S/C29H24O8/c1-32-25(30)14-34-18-5-7-20-16(11-18)3-9-23-28(20)22-13-27(36-23)37-24-10-4-17-12-19(35-15-26(31)33-2)6-8-21(17)29(22)24/h3-12,22,27H,13-15H2,1-2H3. The van der Waals surface area contributed by atoms with E-state index in [0.717, 1.165) is 44.2 Å². The van der Waals surface area contributed by atoms with Crippen LogP contribution in [0.25, 0.3) is 21.5 Å². The summed E-state index contributed by atoms with van der Waals surface area (Å²) in [5.41, 5.74) is 2.19. The maximum Gasteiger partial charge on any atom is 0.343 e. The van der Waals surface area contributed by atoms with Crippen molar-refractivity contribution < 1.29 is 38.0 Å². The van der Waals surface area contributed by atoms with E-state index in [9.17, 15) is 9.59 Å². The summed E-state index contributed by atoms with van der Waals surface area (Å²) in [6, 6.07) is 19.4. The predicted octanol–water partition coefficient (Wildman–Crippen LogP) is 4.73. The van der Waals surface area contributed by atoms with Gasteiger partial charge in [-0.3, -0.25) is 0 Å². The van der Waals surface area contributed by atoms with Gasteiger partial charge in [-0.2, -0.15) is 0 Å². The number of carbonyl (C=O) groups excluding carboxylic acids is 2. The highest BCUT2D eigenvalue weighted by molar-refractivity contribution is 5.94. The molecule has 4 aromatic carbocycles. The third-order valence-electron chi connectivity index (χ3n) is 6.80. The van der Waals surface area contributed by atoms with Crippen LogP contribution in [-0.4, -0.2) is 45.7 Å². The minimum atomic E-state index is -0.436. The Morgan fingerprint density at radius 2 is 1.22 bits per heavy atom. The van der Waals surface area contributed by atoms with Crippen molar-refractivity contribution in [2.24, 2.45) is 0 Å². The molecule has 0 aliphatic carbocycles. The van der Waals surface area contributed by atoms with E-state index in [1.165, 1.54) is 14.2 Å². The summed E-state index contributed by atoms with van der Waals surface area (Å²) in [4.78, 5) is 23.0. The van der Waals surface area contributed by atoms with Crippen LogP contribution in [0.1, 0.15) is 23.5 Å². The minimum absolute atomic E-state index is 0.0496. The number of carbonyl (C=O) groups is 2. The Morgan fingerprint density at radius 3 is 1.68 bits per heavy atom. The molecule has 4 aromatic rings. The maximum atomic E-state index is 11.5. The van der Waals surface area contributed by atoms with Gasteiger partial charge in [0.15, 0.2) is 13.2 Å². The highest BCUT2D eigenvalue weighted by atomic mass is 16.7. The molecule has 0 fully saturated rings. The predicted molar refractivity (Wildman–Crippen MR) is 134 cm³/mol. The van der Waals surface area contributed by atoms with Crippen LogP contribution < -0.4 is 18.9 Å². The fourth-order valence-corrected chi connectivity index (χ4v) is 5.11. The number of benzene rings is 4. The quantitative estimate of drug-likeness (QED) is 0.351. The molecule has 2 bridgehead atoms. The van der Waals surface area contributed by atoms with Crippen molar-refractivity contribution in [3.05, 3.63) is 71.8 Å². The Kier molecular flexibility index (Phi) is 5.71. The zero-order valence-electron chi connectivity index (χ0n) is 20.3. The molecule has 0 radical (unpaired) electrons. The van der Waals surface area contributed by atoms with E-state index < -0.39 is 11.9 Å². The number of ether oxygens (including phenoxy) is 6. The molecular weight excluding hydrogens is 476 g/mol. The molecule has 0 saturated heterocycles. The first-order valence-electron chi connectivity index (χ1n) is 11.9. The van der Waals surface area contributed by atoms with E-state index in [0.29, 0.717) is 17.9 Å². The number of rotatable bonds is 6. The molecule has 0 atom stereocenters. The van der Waals surface area contributed by atoms with Gasteiger partial charge in [0, 0.05) is 23.5 Å². The van der Waals surface area contributed by atoms with Crippen LogP contribution in [0.4, 0.5) is 0 Å². The van der Waals surface area contributed by atoms with Crippen molar-refractivity contribution in [2.75, 3.05) is 27.4 Å². The van der Waals surface area contributed by atoms with Crippen molar-refractivity contribution in [3.8, 4) is 23.0 Å². The molecule has 8 nitrogen and oxygen atoms in total. The van der Waals surface area contributed by atoms with Crippen molar-refractivity contribution >= 4 is 33.5 Å². The third-order valence-corrected chi connectivity index (χ3v) is 6.80. The summed E-state index contributed by atoms with van der Waals surface area (Å²) in [5, 5.41) is 4.06. The molecule has 6 rings (SSSR count). The molecule has 2 aliphatic rings. The van der Waals surface area contributed by atoms with Gasteiger partial charge in [0.05, 0.1) is 14.2 Å². The summed E-state index contributed by atoms with van der Waals surface area (Å²) in [6.45, 7) is -0.301. The molecule has 0 amide bonds. The first kappa shape index (κ1) is 23.0.